The average Bonchev–Trinajstić information content (AvgIpc) is 2.67. The molecule has 1 amide bonds. The number of halogens is 1. The Morgan fingerprint density at radius 3 is 2.46 bits per heavy atom. The minimum Gasteiger partial charge on any atom is -0.493 e. The van der Waals surface area contributed by atoms with Crippen LogP contribution < -0.4 is 10.5 Å². The standard InChI is InChI=1S/C20H23BrN2O4S/c21-16-7-9-18(10-8-16)28(25,26)23-12-4-11-20(14-23,13-19(22)24)15-27-17-5-2-1-3-6-17/h1-3,5-10H,4,11-15H2,(H2,22,24)/t20-/m0/s1. The van der Waals surface area contributed by atoms with Crippen LogP contribution in [0.2, 0.25) is 0 Å². The van der Waals surface area contributed by atoms with Gasteiger partial charge in [-0.05, 0) is 49.2 Å². The topological polar surface area (TPSA) is 89.7 Å². The summed E-state index contributed by atoms with van der Waals surface area (Å²) in [4.78, 5) is 12.0. The highest BCUT2D eigenvalue weighted by Crippen LogP contribution is 2.36. The summed E-state index contributed by atoms with van der Waals surface area (Å²) in [5, 5.41) is 0. The maximum atomic E-state index is 13.1. The second kappa shape index (κ2) is 8.63. The van der Waals surface area contributed by atoms with Crippen LogP contribution in [0.3, 0.4) is 0 Å². The van der Waals surface area contributed by atoms with Crippen molar-refractivity contribution in [1.29, 1.82) is 0 Å². The van der Waals surface area contributed by atoms with Crippen LogP contribution in [0.5, 0.6) is 5.75 Å². The van der Waals surface area contributed by atoms with Gasteiger partial charge in [-0.15, -0.1) is 0 Å². The van der Waals surface area contributed by atoms with Crippen LogP contribution in [0, 0.1) is 5.41 Å². The van der Waals surface area contributed by atoms with Crippen LogP contribution in [0.15, 0.2) is 64.0 Å². The van der Waals surface area contributed by atoms with Crippen LogP contribution in [-0.4, -0.2) is 38.3 Å². The van der Waals surface area contributed by atoms with E-state index < -0.39 is 21.3 Å². The fourth-order valence-corrected chi connectivity index (χ4v) is 5.42. The number of sulfonamides is 1. The number of rotatable bonds is 7. The number of piperidine rings is 1. The summed E-state index contributed by atoms with van der Waals surface area (Å²) in [6.45, 7) is 0.831. The van der Waals surface area contributed by atoms with Crippen LogP contribution in [-0.2, 0) is 14.8 Å². The molecule has 8 heteroatoms. The quantitative estimate of drug-likeness (QED) is 0.678. The molecule has 0 unspecified atom stereocenters. The summed E-state index contributed by atoms with van der Waals surface area (Å²) in [6.07, 6.45) is 1.39. The van der Waals surface area contributed by atoms with Crippen molar-refractivity contribution in [3.05, 3.63) is 59.1 Å². The highest BCUT2D eigenvalue weighted by molar-refractivity contribution is 9.10. The normalized spacial score (nSPS) is 20.6. The lowest BCUT2D eigenvalue weighted by atomic mass is 9.78. The first-order chi connectivity index (χ1) is 13.3. The van der Waals surface area contributed by atoms with Gasteiger partial charge in [0.25, 0.3) is 0 Å². The summed E-state index contributed by atoms with van der Waals surface area (Å²) >= 11 is 3.32. The van der Waals surface area contributed by atoms with Gasteiger partial charge in [-0.1, -0.05) is 34.1 Å². The molecule has 0 aromatic heterocycles. The molecule has 0 radical (unpaired) electrons. The number of primary amides is 1. The second-order valence-electron chi connectivity index (χ2n) is 7.14. The van der Waals surface area contributed by atoms with Gasteiger partial charge in [-0.25, -0.2) is 8.42 Å². The number of amides is 1. The lowest BCUT2D eigenvalue weighted by Crippen LogP contribution is -2.50. The van der Waals surface area contributed by atoms with Gasteiger partial charge < -0.3 is 10.5 Å². The molecule has 0 spiro atoms. The van der Waals surface area contributed by atoms with E-state index in [0.29, 0.717) is 25.1 Å². The molecule has 0 saturated carbocycles. The first-order valence-corrected chi connectivity index (χ1v) is 11.3. The van der Waals surface area contributed by atoms with Crippen molar-refractivity contribution in [3.63, 3.8) is 0 Å². The molecule has 2 aromatic rings. The molecular weight excluding hydrogens is 444 g/mol. The van der Waals surface area contributed by atoms with Gasteiger partial charge in [0.1, 0.15) is 5.75 Å². The summed E-state index contributed by atoms with van der Waals surface area (Å²) in [6, 6.07) is 15.8. The zero-order valence-corrected chi connectivity index (χ0v) is 17.8. The lowest BCUT2D eigenvalue weighted by molar-refractivity contribution is -0.121. The van der Waals surface area contributed by atoms with Crippen molar-refractivity contribution in [2.75, 3.05) is 19.7 Å². The van der Waals surface area contributed by atoms with Crippen LogP contribution in [0.25, 0.3) is 0 Å². The second-order valence-corrected chi connectivity index (χ2v) is 9.99. The molecule has 2 N–H and O–H groups in total. The van der Waals surface area contributed by atoms with Crippen LogP contribution in [0.1, 0.15) is 19.3 Å². The summed E-state index contributed by atoms with van der Waals surface area (Å²) < 4.78 is 34.3. The number of hydrogen-bond acceptors (Lipinski definition) is 4. The van der Waals surface area contributed by atoms with E-state index in [-0.39, 0.29) is 24.5 Å². The molecule has 1 atom stereocenters. The number of nitrogens with two attached hydrogens (primary N) is 1. The monoisotopic (exact) mass is 466 g/mol. The third-order valence-electron chi connectivity index (χ3n) is 4.92. The number of carbonyl (C=O) groups excluding carboxylic acids is 1. The molecule has 1 saturated heterocycles. The number of benzene rings is 2. The van der Waals surface area contributed by atoms with Gasteiger partial charge in [-0.2, -0.15) is 4.31 Å². The summed E-state index contributed by atoms with van der Waals surface area (Å²) in [7, 11) is -3.66. The first-order valence-electron chi connectivity index (χ1n) is 9.03. The number of carbonyl (C=O) groups is 1. The fourth-order valence-electron chi connectivity index (χ4n) is 3.56. The Balaban J connectivity index is 1.83. The molecule has 1 aliphatic heterocycles. The Morgan fingerprint density at radius 1 is 1.14 bits per heavy atom. The van der Waals surface area contributed by atoms with Gasteiger partial charge in [0, 0.05) is 29.4 Å². The van der Waals surface area contributed by atoms with Crippen molar-refractivity contribution < 1.29 is 17.9 Å². The van der Waals surface area contributed by atoms with Gasteiger partial charge >= 0.3 is 0 Å². The molecule has 1 fully saturated rings. The lowest BCUT2D eigenvalue weighted by Gasteiger charge is -2.41. The van der Waals surface area contributed by atoms with Crippen molar-refractivity contribution in [2.24, 2.45) is 11.1 Å². The minimum absolute atomic E-state index is 0.0756. The highest BCUT2D eigenvalue weighted by Gasteiger charge is 2.42. The number of ether oxygens (including phenoxy) is 1. The Bertz CT molecular complexity index is 919. The van der Waals surface area contributed by atoms with Gasteiger partial charge in [0.2, 0.25) is 15.9 Å². The molecule has 0 bridgehead atoms. The molecule has 3 rings (SSSR count). The molecule has 150 valence electrons. The summed E-state index contributed by atoms with van der Waals surface area (Å²) in [5.41, 5.74) is 4.84. The van der Waals surface area contributed by atoms with Gasteiger partial charge in [-0.3, -0.25) is 4.79 Å². The third-order valence-corrected chi connectivity index (χ3v) is 7.30. The van der Waals surface area contributed by atoms with E-state index >= 15 is 0 Å². The predicted octanol–water partition coefficient (Wildman–Crippen LogP) is 3.17. The predicted molar refractivity (Wildman–Crippen MR) is 110 cm³/mol. The van der Waals surface area contributed by atoms with Crippen molar-refractivity contribution in [1.82, 2.24) is 4.31 Å². The van der Waals surface area contributed by atoms with Crippen molar-refractivity contribution >= 4 is 31.9 Å². The Kier molecular flexibility index (Phi) is 6.42. The SMILES string of the molecule is NC(=O)C[C@@]1(COc2ccccc2)CCCN(S(=O)(=O)c2ccc(Br)cc2)C1. The van der Waals surface area contributed by atoms with E-state index in [9.17, 15) is 13.2 Å². The number of para-hydroxylation sites is 1. The van der Waals surface area contributed by atoms with E-state index in [1.165, 1.54) is 4.31 Å². The van der Waals surface area contributed by atoms with E-state index in [1.54, 1.807) is 24.3 Å². The van der Waals surface area contributed by atoms with Crippen LogP contribution >= 0.6 is 15.9 Å². The Labute approximate surface area is 173 Å². The maximum absolute atomic E-state index is 13.1. The van der Waals surface area contributed by atoms with Gasteiger partial charge in [0.05, 0.1) is 11.5 Å². The number of hydrogen-bond donors (Lipinski definition) is 1. The molecular formula is C20H23BrN2O4S. The zero-order valence-electron chi connectivity index (χ0n) is 15.4. The molecule has 6 nitrogen and oxygen atoms in total. The van der Waals surface area contributed by atoms with Gasteiger partial charge in [0.15, 0.2) is 0 Å². The first kappa shape index (κ1) is 20.8. The van der Waals surface area contributed by atoms with Crippen LogP contribution in [0.4, 0.5) is 0 Å². The highest BCUT2D eigenvalue weighted by atomic mass is 79.9. The van der Waals surface area contributed by atoms with E-state index in [2.05, 4.69) is 15.9 Å². The smallest absolute Gasteiger partial charge is 0.243 e. The van der Waals surface area contributed by atoms with Crippen molar-refractivity contribution in [3.8, 4) is 5.75 Å². The molecule has 2 aromatic carbocycles. The van der Waals surface area contributed by atoms with E-state index in [1.807, 2.05) is 30.3 Å². The molecule has 1 aliphatic rings. The minimum atomic E-state index is -3.66. The molecule has 1 heterocycles. The molecule has 28 heavy (non-hydrogen) atoms. The fraction of sp³-hybridized carbons (Fsp3) is 0.350. The summed E-state index contributed by atoms with van der Waals surface area (Å²) in [5.74, 6) is 0.221. The largest absolute Gasteiger partial charge is 0.493 e. The Hall–Kier alpha value is -1.90. The number of nitrogens with zero attached hydrogens (tertiary/aromatic N) is 1. The zero-order chi connectivity index (χ0) is 20.2. The van der Waals surface area contributed by atoms with E-state index in [0.717, 1.165) is 4.47 Å². The Morgan fingerprint density at radius 2 is 1.82 bits per heavy atom. The van der Waals surface area contributed by atoms with E-state index in [4.69, 9.17) is 10.5 Å². The maximum Gasteiger partial charge on any atom is 0.243 e. The third kappa shape index (κ3) is 4.92. The molecule has 0 aliphatic carbocycles. The van der Waals surface area contributed by atoms with Crippen molar-refractivity contribution in [2.45, 2.75) is 24.2 Å². The average molecular weight is 467 g/mol.